The van der Waals surface area contributed by atoms with Gasteiger partial charge in [0.05, 0.1) is 16.8 Å². The Morgan fingerprint density at radius 2 is 1.83 bits per heavy atom. The van der Waals surface area contributed by atoms with Gasteiger partial charge in [0.15, 0.2) is 5.16 Å². The van der Waals surface area contributed by atoms with E-state index < -0.39 is 0 Å². The van der Waals surface area contributed by atoms with Crippen molar-refractivity contribution in [2.75, 3.05) is 11.1 Å². The molecule has 1 amide bonds. The lowest BCUT2D eigenvalue weighted by Crippen LogP contribution is -2.14. The number of anilines is 1. The lowest BCUT2D eigenvalue weighted by Gasteiger charge is -2.06. The van der Waals surface area contributed by atoms with Gasteiger partial charge in [-0.2, -0.15) is 0 Å². The van der Waals surface area contributed by atoms with Crippen LogP contribution < -0.4 is 5.32 Å². The van der Waals surface area contributed by atoms with Crippen molar-refractivity contribution in [3.05, 3.63) is 53.1 Å². The van der Waals surface area contributed by atoms with E-state index in [9.17, 15) is 4.79 Å². The number of rotatable bonds is 4. The highest BCUT2D eigenvalue weighted by atomic mass is 32.2. The largest absolute Gasteiger partial charge is 0.333 e. The summed E-state index contributed by atoms with van der Waals surface area (Å²) in [6, 6.07) is 12.1. The third-order valence-electron chi connectivity index (χ3n) is 3.46. The van der Waals surface area contributed by atoms with Gasteiger partial charge in [0.1, 0.15) is 0 Å². The minimum absolute atomic E-state index is 0.0309. The fourth-order valence-corrected chi connectivity index (χ4v) is 3.23. The van der Waals surface area contributed by atoms with Crippen molar-refractivity contribution in [1.82, 2.24) is 9.97 Å². The molecule has 0 saturated carbocycles. The molecule has 3 aromatic rings. The molecule has 3 rings (SSSR count). The van der Waals surface area contributed by atoms with Crippen molar-refractivity contribution < 1.29 is 4.79 Å². The Bertz CT molecular complexity index is 850. The van der Waals surface area contributed by atoms with Crippen molar-refractivity contribution in [2.24, 2.45) is 0 Å². The number of carbonyl (C=O) groups excluding carboxylic acids is 1. The number of benzene rings is 2. The number of thioether (sulfide) groups is 1. The summed E-state index contributed by atoms with van der Waals surface area (Å²) in [6.45, 7) is 6.09. The Balaban J connectivity index is 1.63. The Labute approximate surface area is 139 Å². The molecule has 2 aromatic carbocycles. The second-order valence-electron chi connectivity index (χ2n) is 5.78. The van der Waals surface area contributed by atoms with E-state index in [4.69, 9.17) is 0 Å². The molecule has 0 fully saturated rings. The molecular weight excluding hydrogens is 306 g/mol. The average molecular weight is 325 g/mol. The number of aryl methyl sites for hydroxylation is 3. The van der Waals surface area contributed by atoms with Crippen LogP contribution in [-0.2, 0) is 4.79 Å². The topological polar surface area (TPSA) is 57.8 Å². The number of nitrogens with zero attached hydrogens (tertiary/aromatic N) is 1. The van der Waals surface area contributed by atoms with Crippen LogP contribution in [0.5, 0.6) is 0 Å². The normalized spacial score (nSPS) is 10.9. The molecule has 23 heavy (non-hydrogen) atoms. The quantitative estimate of drug-likeness (QED) is 0.706. The maximum atomic E-state index is 12.1. The first kappa shape index (κ1) is 15.6. The monoisotopic (exact) mass is 325 g/mol. The van der Waals surface area contributed by atoms with Crippen LogP contribution in [0.2, 0.25) is 0 Å². The van der Waals surface area contributed by atoms with Gasteiger partial charge in [0, 0.05) is 5.69 Å². The number of hydrogen-bond acceptors (Lipinski definition) is 3. The number of nitrogens with one attached hydrogen (secondary N) is 2. The summed E-state index contributed by atoms with van der Waals surface area (Å²) in [5, 5.41) is 3.70. The van der Waals surface area contributed by atoms with Gasteiger partial charge in [0.25, 0.3) is 0 Å². The lowest BCUT2D eigenvalue weighted by molar-refractivity contribution is -0.113. The maximum absolute atomic E-state index is 12.1. The number of fused-ring (bicyclic) bond motifs is 1. The molecule has 0 bridgehead atoms. The minimum atomic E-state index is -0.0309. The zero-order valence-corrected chi connectivity index (χ0v) is 14.3. The van der Waals surface area contributed by atoms with Gasteiger partial charge in [-0.05, 0) is 61.7 Å². The standard InChI is InChI=1S/C18H19N3OS/c1-11-4-5-15-16(9-11)21-18(20-15)23-10-17(22)19-14-7-12(2)6-13(3)8-14/h4-9H,10H2,1-3H3,(H,19,22)(H,20,21). The highest BCUT2D eigenvalue weighted by molar-refractivity contribution is 7.99. The van der Waals surface area contributed by atoms with E-state index in [1.54, 1.807) is 0 Å². The van der Waals surface area contributed by atoms with Gasteiger partial charge in [-0.15, -0.1) is 0 Å². The number of imidazole rings is 1. The summed E-state index contributed by atoms with van der Waals surface area (Å²) in [5.74, 6) is 0.294. The molecule has 0 spiro atoms. The summed E-state index contributed by atoms with van der Waals surface area (Å²) < 4.78 is 0. The highest BCUT2D eigenvalue weighted by Crippen LogP contribution is 2.21. The summed E-state index contributed by atoms with van der Waals surface area (Å²) in [6.07, 6.45) is 0. The van der Waals surface area contributed by atoms with Crippen LogP contribution in [0, 0.1) is 20.8 Å². The molecule has 0 unspecified atom stereocenters. The molecule has 1 heterocycles. The van der Waals surface area contributed by atoms with E-state index in [2.05, 4.69) is 27.4 Å². The van der Waals surface area contributed by atoms with Gasteiger partial charge < -0.3 is 10.3 Å². The number of carbonyl (C=O) groups is 1. The molecule has 0 aliphatic heterocycles. The Kier molecular flexibility index (Phi) is 4.39. The smallest absolute Gasteiger partial charge is 0.234 e. The summed E-state index contributed by atoms with van der Waals surface area (Å²) in [7, 11) is 0. The van der Waals surface area contributed by atoms with E-state index >= 15 is 0 Å². The van der Waals surface area contributed by atoms with Gasteiger partial charge in [0.2, 0.25) is 5.91 Å². The third kappa shape index (κ3) is 3.93. The lowest BCUT2D eigenvalue weighted by atomic mass is 10.1. The van der Waals surface area contributed by atoms with Gasteiger partial charge >= 0.3 is 0 Å². The first-order valence-electron chi connectivity index (χ1n) is 7.47. The van der Waals surface area contributed by atoms with Crippen molar-refractivity contribution in [3.8, 4) is 0 Å². The van der Waals surface area contributed by atoms with E-state index in [1.807, 2.05) is 45.0 Å². The van der Waals surface area contributed by atoms with Crippen molar-refractivity contribution in [1.29, 1.82) is 0 Å². The Morgan fingerprint density at radius 3 is 2.57 bits per heavy atom. The first-order chi connectivity index (χ1) is 11.0. The maximum Gasteiger partial charge on any atom is 0.234 e. The second kappa shape index (κ2) is 6.46. The Hall–Kier alpha value is -2.27. The third-order valence-corrected chi connectivity index (χ3v) is 4.33. The van der Waals surface area contributed by atoms with E-state index in [-0.39, 0.29) is 5.91 Å². The van der Waals surface area contributed by atoms with Gasteiger partial charge in [-0.25, -0.2) is 4.98 Å². The number of aromatic nitrogens is 2. The van der Waals surface area contributed by atoms with Crippen molar-refractivity contribution >= 4 is 34.4 Å². The molecule has 1 aromatic heterocycles. The van der Waals surface area contributed by atoms with Crippen LogP contribution in [-0.4, -0.2) is 21.6 Å². The molecule has 5 heteroatoms. The molecule has 0 saturated heterocycles. The number of amides is 1. The zero-order valence-electron chi connectivity index (χ0n) is 13.4. The summed E-state index contributed by atoms with van der Waals surface area (Å²) in [4.78, 5) is 19.8. The molecular formula is C18H19N3OS. The van der Waals surface area contributed by atoms with Crippen LogP contribution in [0.15, 0.2) is 41.6 Å². The molecule has 2 N–H and O–H groups in total. The fourth-order valence-electron chi connectivity index (χ4n) is 2.55. The highest BCUT2D eigenvalue weighted by Gasteiger charge is 2.08. The molecule has 4 nitrogen and oxygen atoms in total. The van der Waals surface area contributed by atoms with Crippen LogP contribution in [0.3, 0.4) is 0 Å². The summed E-state index contributed by atoms with van der Waals surface area (Å²) in [5.41, 5.74) is 6.23. The van der Waals surface area contributed by atoms with Crippen LogP contribution >= 0.6 is 11.8 Å². The fraction of sp³-hybridized carbons (Fsp3) is 0.222. The van der Waals surface area contributed by atoms with Crippen LogP contribution in [0.4, 0.5) is 5.69 Å². The molecule has 0 aliphatic rings. The average Bonchev–Trinajstić information content (AvgIpc) is 2.86. The van der Waals surface area contributed by atoms with Crippen LogP contribution in [0.1, 0.15) is 16.7 Å². The predicted molar refractivity (Wildman–Crippen MR) is 96.1 cm³/mol. The van der Waals surface area contributed by atoms with E-state index in [1.165, 1.54) is 17.3 Å². The molecule has 0 radical (unpaired) electrons. The SMILES string of the molecule is Cc1cc(C)cc(NC(=O)CSc2nc3ccc(C)cc3[nH]2)c1. The number of H-pyrrole nitrogens is 1. The predicted octanol–water partition coefficient (Wildman–Crippen LogP) is 4.22. The van der Waals surface area contributed by atoms with E-state index in [0.717, 1.165) is 33.0 Å². The first-order valence-corrected chi connectivity index (χ1v) is 8.45. The number of aromatic amines is 1. The molecule has 0 aliphatic carbocycles. The molecule has 0 atom stereocenters. The van der Waals surface area contributed by atoms with Crippen molar-refractivity contribution in [2.45, 2.75) is 25.9 Å². The summed E-state index contributed by atoms with van der Waals surface area (Å²) >= 11 is 1.41. The van der Waals surface area contributed by atoms with Gasteiger partial charge in [-0.1, -0.05) is 23.9 Å². The molecule has 118 valence electrons. The van der Waals surface area contributed by atoms with Crippen molar-refractivity contribution in [3.63, 3.8) is 0 Å². The minimum Gasteiger partial charge on any atom is -0.333 e. The van der Waals surface area contributed by atoms with Crippen LogP contribution in [0.25, 0.3) is 11.0 Å². The second-order valence-corrected chi connectivity index (χ2v) is 6.74. The van der Waals surface area contributed by atoms with E-state index in [0.29, 0.717) is 5.75 Å². The number of hydrogen-bond donors (Lipinski definition) is 2. The van der Waals surface area contributed by atoms with Gasteiger partial charge in [-0.3, -0.25) is 4.79 Å². The zero-order chi connectivity index (χ0) is 16.4. The Morgan fingerprint density at radius 1 is 1.09 bits per heavy atom.